The summed E-state index contributed by atoms with van der Waals surface area (Å²) in [7, 11) is 1.67. The van der Waals surface area contributed by atoms with Crippen molar-refractivity contribution in [2.45, 2.75) is 38.1 Å². The number of nitrogens with one attached hydrogen (secondary N) is 1. The maximum atomic E-state index is 5.75. The van der Waals surface area contributed by atoms with Crippen LogP contribution in [0.5, 0.6) is 11.5 Å². The summed E-state index contributed by atoms with van der Waals surface area (Å²) in [4.78, 5) is 0. The van der Waals surface area contributed by atoms with E-state index < -0.39 is 0 Å². The Labute approximate surface area is 109 Å². The predicted molar refractivity (Wildman–Crippen MR) is 73.4 cm³/mol. The summed E-state index contributed by atoms with van der Waals surface area (Å²) >= 11 is 0. The third-order valence-electron chi connectivity index (χ3n) is 3.92. The second-order valence-corrected chi connectivity index (χ2v) is 4.91. The van der Waals surface area contributed by atoms with E-state index in [9.17, 15) is 0 Å². The van der Waals surface area contributed by atoms with Crippen molar-refractivity contribution < 1.29 is 9.47 Å². The number of hydrogen-bond acceptors (Lipinski definition) is 3. The van der Waals surface area contributed by atoms with Gasteiger partial charge in [0.25, 0.3) is 0 Å². The maximum Gasteiger partial charge on any atom is 0.161 e. The van der Waals surface area contributed by atoms with E-state index in [4.69, 9.17) is 9.47 Å². The van der Waals surface area contributed by atoms with Crippen LogP contribution in [0.2, 0.25) is 0 Å². The van der Waals surface area contributed by atoms with Crippen molar-refractivity contribution in [1.29, 1.82) is 0 Å². The lowest BCUT2D eigenvalue weighted by atomic mass is 9.75. The van der Waals surface area contributed by atoms with E-state index >= 15 is 0 Å². The highest BCUT2D eigenvalue weighted by Gasteiger charge is 2.33. The van der Waals surface area contributed by atoms with Crippen LogP contribution in [0.15, 0.2) is 24.3 Å². The lowest BCUT2D eigenvalue weighted by molar-refractivity contribution is 0.164. The first-order chi connectivity index (χ1) is 8.79. The number of para-hydroxylation sites is 2. The van der Waals surface area contributed by atoms with Gasteiger partial charge in [0.1, 0.15) is 6.61 Å². The fourth-order valence-corrected chi connectivity index (χ4v) is 2.47. The van der Waals surface area contributed by atoms with Crippen LogP contribution in [0.4, 0.5) is 0 Å². The van der Waals surface area contributed by atoms with Gasteiger partial charge >= 0.3 is 0 Å². The second kappa shape index (κ2) is 6.10. The maximum absolute atomic E-state index is 5.75. The molecule has 0 heterocycles. The topological polar surface area (TPSA) is 30.5 Å². The molecular weight excluding hydrogens is 226 g/mol. The molecule has 0 aromatic heterocycles. The van der Waals surface area contributed by atoms with Gasteiger partial charge in [-0.3, -0.25) is 0 Å². The molecule has 0 unspecified atom stereocenters. The number of rotatable bonds is 7. The first-order valence-electron chi connectivity index (χ1n) is 6.80. The van der Waals surface area contributed by atoms with Crippen LogP contribution < -0.4 is 14.8 Å². The molecule has 0 spiro atoms. The fraction of sp³-hybridized carbons (Fsp3) is 0.600. The Balaban J connectivity index is 1.75. The zero-order valence-corrected chi connectivity index (χ0v) is 11.4. The van der Waals surface area contributed by atoms with E-state index in [0.29, 0.717) is 12.1 Å². The van der Waals surface area contributed by atoms with Crippen LogP contribution in [0, 0.1) is 0 Å². The molecule has 1 aromatic rings. The Morgan fingerprint density at radius 3 is 2.50 bits per heavy atom. The highest BCUT2D eigenvalue weighted by molar-refractivity contribution is 5.39. The van der Waals surface area contributed by atoms with Gasteiger partial charge in [-0.2, -0.15) is 0 Å². The molecule has 0 atom stereocenters. The van der Waals surface area contributed by atoms with Crippen molar-refractivity contribution in [1.82, 2.24) is 5.32 Å². The summed E-state index contributed by atoms with van der Waals surface area (Å²) in [6.45, 7) is 3.83. The normalized spacial score (nSPS) is 17.0. The van der Waals surface area contributed by atoms with Crippen molar-refractivity contribution in [3.8, 4) is 11.5 Å². The van der Waals surface area contributed by atoms with Gasteiger partial charge in [-0.1, -0.05) is 19.1 Å². The molecule has 0 saturated heterocycles. The van der Waals surface area contributed by atoms with Crippen LogP contribution in [-0.4, -0.2) is 25.8 Å². The monoisotopic (exact) mass is 249 g/mol. The first-order valence-corrected chi connectivity index (χ1v) is 6.80. The molecule has 18 heavy (non-hydrogen) atoms. The summed E-state index contributed by atoms with van der Waals surface area (Å²) in [5, 5.41) is 3.62. The first kappa shape index (κ1) is 13.2. The minimum Gasteiger partial charge on any atom is -0.493 e. The summed E-state index contributed by atoms with van der Waals surface area (Å²) in [6.07, 6.45) is 5.17. The molecule has 1 saturated carbocycles. The lowest BCUT2D eigenvalue weighted by Gasteiger charge is -2.42. The van der Waals surface area contributed by atoms with E-state index in [1.807, 2.05) is 24.3 Å². The van der Waals surface area contributed by atoms with Gasteiger partial charge in [-0.25, -0.2) is 0 Å². The summed E-state index contributed by atoms with van der Waals surface area (Å²) in [5.74, 6) is 1.62. The van der Waals surface area contributed by atoms with Crippen LogP contribution in [0.1, 0.15) is 32.6 Å². The molecule has 0 bridgehead atoms. The molecule has 1 N–H and O–H groups in total. The van der Waals surface area contributed by atoms with Crippen LogP contribution in [0.25, 0.3) is 0 Å². The Morgan fingerprint density at radius 2 is 1.94 bits per heavy atom. The van der Waals surface area contributed by atoms with Crippen molar-refractivity contribution in [3.63, 3.8) is 0 Å². The predicted octanol–water partition coefficient (Wildman–Crippen LogP) is 3.00. The Bertz CT molecular complexity index is 369. The van der Waals surface area contributed by atoms with Crippen LogP contribution >= 0.6 is 0 Å². The average molecular weight is 249 g/mol. The van der Waals surface area contributed by atoms with Crippen molar-refractivity contribution in [2.24, 2.45) is 0 Å². The molecule has 0 aliphatic heterocycles. The highest BCUT2D eigenvalue weighted by Crippen LogP contribution is 2.34. The quantitative estimate of drug-likeness (QED) is 0.754. The lowest BCUT2D eigenvalue weighted by Crippen LogP contribution is -2.51. The molecule has 1 aliphatic carbocycles. The van der Waals surface area contributed by atoms with Crippen molar-refractivity contribution in [3.05, 3.63) is 24.3 Å². The third kappa shape index (κ3) is 2.96. The van der Waals surface area contributed by atoms with E-state index in [1.165, 1.54) is 25.7 Å². The molecule has 1 aromatic carbocycles. The largest absolute Gasteiger partial charge is 0.493 e. The molecule has 0 amide bonds. The van der Waals surface area contributed by atoms with E-state index in [-0.39, 0.29) is 0 Å². The van der Waals surface area contributed by atoms with E-state index in [0.717, 1.165) is 18.0 Å². The van der Waals surface area contributed by atoms with Gasteiger partial charge < -0.3 is 14.8 Å². The van der Waals surface area contributed by atoms with Gasteiger partial charge in [0, 0.05) is 12.1 Å². The number of hydrogen-bond donors (Lipinski definition) is 1. The minimum absolute atomic E-state index is 0.393. The van der Waals surface area contributed by atoms with Crippen molar-refractivity contribution >= 4 is 0 Å². The standard InChI is InChI=1S/C15H23NO2/c1-3-15(9-6-10-15)16-11-12-18-14-8-5-4-7-13(14)17-2/h4-5,7-8,16H,3,6,9-12H2,1-2H3. The number of benzene rings is 1. The Hall–Kier alpha value is -1.22. The van der Waals surface area contributed by atoms with Gasteiger partial charge in [-0.05, 0) is 37.8 Å². The molecule has 2 rings (SSSR count). The fourth-order valence-electron chi connectivity index (χ4n) is 2.47. The van der Waals surface area contributed by atoms with E-state index in [2.05, 4.69) is 12.2 Å². The summed E-state index contributed by atoms with van der Waals surface area (Å²) in [5.41, 5.74) is 0.393. The molecule has 3 nitrogen and oxygen atoms in total. The average Bonchev–Trinajstić information content (AvgIpc) is 2.37. The molecule has 1 aliphatic rings. The number of ether oxygens (including phenoxy) is 2. The van der Waals surface area contributed by atoms with Gasteiger partial charge in [-0.15, -0.1) is 0 Å². The summed E-state index contributed by atoms with van der Waals surface area (Å²) < 4.78 is 11.0. The zero-order chi connectivity index (χ0) is 12.8. The van der Waals surface area contributed by atoms with Gasteiger partial charge in [0.15, 0.2) is 11.5 Å². The zero-order valence-electron chi connectivity index (χ0n) is 11.4. The number of methoxy groups -OCH3 is 1. The van der Waals surface area contributed by atoms with Crippen molar-refractivity contribution in [2.75, 3.05) is 20.3 Å². The molecule has 0 radical (unpaired) electrons. The summed E-state index contributed by atoms with van der Waals surface area (Å²) in [6, 6.07) is 7.77. The van der Waals surface area contributed by atoms with Gasteiger partial charge in [0.05, 0.1) is 7.11 Å². The SMILES string of the molecule is CCC1(NCCOc2ccccc2OC)CCC1. The van der Waals surface area contributed by atoms with Crippen LogP contribution in [-0.2, 0) is 0 Å². The smallest absolute Gasteiger partial charge is 0.161 e. The highest BCUT2D eigenvalue weighted by atomic mass is 16.5. The second-order valence-electron chi connectivity index (χ2n) is 4.91. The Morgan fingerprint density at radius 1 is 1.22 bits per heavy atom. The molecule has 3 heteroatoms. The molecular formula is C15H23NO2. The van der Waals surface area contributed by atoms with Gasteiger partial charge in [0.2, 0.25) is 0 Å². The Kier molecular flexibility index (Phi) is 4.48. The molecule has 100 valence electrons. The third-order valence-corrected chi connectivity index (χ3v) is 3.92. The minimum atomic E-state index is 0.393. The van der Waals surface area contributed by atoms with E-state index in [1.54, 1.807) is 7.11 Å². The molecule has 1 fully saturated rings. The van der Waals surface area contributed by atoms with Crippen LogP contribution in [0.3, 0.4) is 0 Å².